The molecule has 0 aliphatic rings. The highest BCUT2D eigenvalue weighted by molar-refractivity contribution is 6.33. The van der Waals surface area contributed by atoms with Gasteiger partial charge in [-0.2, -0.15) is 26.3 Å². The lowest BCUT2D eigenvalue weighted by molar-refractivity contribution is -0.145. The maximum atomic E-state index is 12.6. The second kappa shape index (κ2) is 11.5. The summed E-state index contributed by atoms with van der Waals surface area (Å²) in [6.45, 7) is 0.845. The van der Waals surface area contributed by atoms with E-state index in [9.17, 15) is 26.3 Å². The third-order valence-corrected chi connectivity index (χ3v) is 6.29. The Balaban J connectivity index is 0.000000168. The van der Waals surface area contributed by atoms with E-state index in [4.69, 9.17) is 23.2 Å². The Morgan fingerprint density at radius 1 is 0.548 bits per heavy atom. The smallest absolute Gasteiger partial charge is 0.322 e. The monoisotopic (exact) mass is 624 g/mol. The first-order valence-electron chi connectivity index (χ1n) is 11.9. The van der Waals surface area contributed by atoms with Crippen LogP contribution in [0, 0.1) is 0 Å². The Labute approximate surface area is 242 Å². The number of hydrogen-bond donors (Lipinski definition) is 0. The predicted molar refractivity (Wildman–Crippen MR) is 142 cm³/mol. The lowest BCUT2D eigenvalue weighted by atomic mass is 10.2. The highest BCUT2D eigenvalue weighted by Gasteiger charge is 2.37. The van der Waals surface area contributed by atoms with Crippen molar-refractivity contribution in [3.05, 3.63) is 106 Å². The van der Waals surface area contributed by atoms with Gasteiger partial charge in [0, 0.05) is 13.1 Å². The van der Waals surface area contributed by atoms with Gasteiger partial charge in [-0.3, -0.25) is 0 Å². The molecule has 0 saturated carbocycles. The standard InChI is InChI=1S/2C13H8ClF3N4/c2*14-10-9-11(20-12(19-10)13(15,16)17)18-7-21(9)6-8-4-2-1-3-5-8/h2*1-5,7H,6H2. The first-order valence-corrected chi connectivity index (χ1v) is 12.6. The Kier molecular flexibility index (Phi) is 8.01. The molecule has 0 fully saturated rings. The minimum absolute atomic E-state index is 0.0711. The van der Waals surface area contributed by atoms with Crippen LogP contribution in [0.5, 0.6) is 0 Å². The summed E-state index contributed by atoms with van der Waals surface area (Å²) in [4.78, 5) is 21.2. The van der Waals surface area contributed by atoms with Gasteiger partial charge in [0.2, 0.25) is 11.6 Å². The zero-order valence-electron chi connectivity index (χ0n) is 20.9. The van der Waals surface area contributed by atoms with E-state index in [0.29, 0.717) is 13.1 Å². The SMILES string of the molecule is FC(F)(F)c1nc(Cl)c2c(ncn2Cc2ccccc2)n1.FC(F)(F)c1nc(Cl)c2c(ncn2Cc2ccccc2)n1. The van der Waals surface area contributed by atoms with Gasteiger partial charge < -0.3 is 9.13 Å². The molecule has 0 aliphatic carbocycles. The maximum absolute atomic E-state index is 12.6. The Morgan fingerprint density at radius 2 is 0.905 bits per heavy atom. The number of aromatic nitrogens is 8. The van der Waals surface area contributed by atoms with Crippen LogP contribution in [0.3, 0.4) is 0 Å². The van der Waals surface area contributed by atoms with Gasteiger partial charge in [0.1, 0.15) is 11.0 Å². The van der Waals surface area contributed by atoms with E-state index in [0.717, 1.165) is 11.1 Å². The van der Waals surface area contributed by atoms with Gasteiger partial charge >= 0.3 is 12.4 Å². The molecule has 6 rings (SSSR count). The van der Waals surface area contributed by atoms with Crippen molar-refractivity contribution in [2.24, 2.45) is 0 Å². The van der Waals surface area contributed by atoms with Crippen LogP contribution in [0.25, 0.3) is 22.3 Å². The lowest BCUT2D eigenvalue weighted by Gasteiger charge is -2.07. The number of hydrogen-bond acceptors (Lipinski definition) is 6. The van der Waals surface area contributed by atoms with Crippen molar-refractivity contribution >= 4 is 45.5 Å². The normalized spacial score (nSPS) is 12.0. The first-order chi connectivity index (χ1) is 19.9. The molecule has 0 atom stereocenters. The second-order valence-corrected chi connectivity index (χ2v) is 9.45. The largest absolute Gasteiger partial charge is 0.451 e. The van der Waals surface area contributed by atoms with Gasteiger partial charge in [-0.15, -0.1) is 0 Å². The fourth-order valence-electron chi connectivity index (χ4n) is 3.92. The molecule has 4 heterocycles. The average Bonchev–Trinajstić information content (AvgIpc) is 3.54. The van der Waals surface area contributed by atoms with Crippen LogP contribution >= 0.6 is 23.2 Å². The Morgan fingerprint density at radius 3 is 1.24 bits per heavy atom. The van der Waals surface area contributed by atoms with Crippen molar-refractivity contribution in [3.63, 3.8) is 0 Å². The van der Waals surface area contributed by atoms with Crippen LogP contribution in [0.15, 0.2) is 73.3 Å². The van der Waals surface area contributed by atoms with Crippen molar-refractivity contribution in [3.8, 4) is 0 Å². The number of alkyl halides is 6. The lowest BCUT2D eigenvalue weighted by Crippen LogP contribution is -2.11. The number of fused-ring (bicyclic) bond motifs is 2. The summed E-state index contributed by atoms with van der Waals surface area (Å²) in [6, 6.07) is 18.8. The summed E-state index contributed by atoms with van der Waals surface area (Å²) in [5.74, 6) is -2.57. The van der Waals surface area contributed by atoms with Crippen LogP contribution in [0.4, 0.5) is 26.3 Å². The summed E-state index contributed by atoms with van der Waals surface area (Å²) in [5, 5.41) is -0.526. The molecule has 0 bridgehead atoms. The maximum Gasteiger partial charge on any atom is 0.451 e. The van der Waals surface area contributed by atoms with Gasteiger partial charge in [-0.1, -0.05) is 83.9 Å². The van der Waals surface area contributed by atoms with Gasteiger partial charge in [-0.25, -0.2) is 29.9 Å². The molecule has 0 spiro atoms. The molecule has 2 aromatic carbocycles. The van der Waals surface area contributed by atoms with E-state index >= 15 is 0 Å². The van der Waals surface area contributed by atoms with Crippen molar-refractivity contribution in [1.29, 1.82) is 0 Å². The van der Waals surface area contributed by atoms with E-state index in [-0.39, 0.29) is 32.6 Å². The fourth-order valence-corrected chi connectivity index (χ4v) is 4.47. The highest BCUT2D eigenvalue weighted by Crippen LogP contribution is 2.31. The molecule has 42 heavy (non-hydrogen) atoms. The summed E-state index contributed by atoms with van der Waals surface area (Å²) in [5.41, 5.74) is 2.36. The summed E-state index contributed by atoms with van der Waals surface area (Å²) in [6.07, 6.45) is -6.50. The van der Waals surface area contributed by atoms with E-state index in [1.165, 1.54) is 12.7 Å². The first kappa shape index (κ1) is 29.2. The van der Waals surface area contributed by atoms with Crippen molar-refractivity contribution in [1.82, 2.24) is 39.0 Å². The van der Waals surface area contributed by atoms with Crippen molar-refractivity contribution in [2.45, 2.75) is 25.4 Å². The van der Waals surface area contributed by atoms with Gasteiger partial charge in [0.15, 0.2) is 21.6 Å². The number of benzene rings is 2. The van der Waals surface area contributed by atoms with Crippen LogP contribution in [-0.2, 0) is 25.4 Å². The zero-order chi connectivity index (χ0) is 30.1. The number of halogens is 8. The van der Waals surface area contributed by atoms with Gasteiger partial charge in [0.25, 0.3) is 0 Å². The van der Waals surface area contributed by atoms with Gasteiger partial charge in [-0.05, 0) is 11.1 Å². The summed E-state index contributed by atoms with van der Waals surface area (Å²) >= 11 is 11.7. The summed E-state index contributed by atoms with van der Waals surface area (Å²) < 4.78 is 79.0. The van der Waals surface area contributed by atoms with E-state index < -0.39 is 24.0 Å². The van der Waals surface area contributed by atoms with E-state index in [2.05, 4.69) is 29.9 Å². The topological polar surface area (TPSA) is 87.2 Å². The molecule has 8 nitrogen and oxygen atoms in total. The van der Waals surface area contributed by atoms with E-state index in [1.807, 2.05) is 60.7 Å². The molecule has 0 amide bonds. The minimum Gasteiger partial charge on any atom is -0.322 e. The van der Waals surface area contributed by atoms with Gasteiger partial charge in [0.05, 0.1) is 12.7 Å². The Bertz CT molecular complexity index is 1700. The molecule has 6 aromatic rings. The third-order valence-electron chi connectivity index (χ3n) is 5.76. The molecule has 16 heteroatoms. The van der Waals surface area contributed by atoms with Crippen LogP contribution in [-0.4, -0.2) is 39.0 Å². The van der Waals surface area contributed by atoms with Crippen molar-refractivity contribution in [2.75, 3.05) is 0 Å². The molecular weight excluding hydrogens is 609 g/mol. The molecule has 0 saturated heterocycles. The fraction of sp³-hybridized carbons (Fsp3) is 0.154. The van der Waals surface area contributed by atoms with Crippen LogP contribution in [0.1, 0.15) is 22.8 Å². The summed E-state index contributed by atoms with van der Waals surface area (Å²) in [7, 11) is 0. The Hall–Kier alpha value is -4.30. The molecule has 0 unspecified atom stereocenters. The second-order valence-electron chi connectivity index (χ2n) is 8.73. The zero-order valence-corrected chi connectivity index (χ0v) is 22.5. The van der Waals surface area contributed by atoms with E-state index in [1.54, 1.807) is 9.13 Å². The minimum atomic E-state index is -4.65. The molecule has 4 aromatic heterocycles. The molecule has 0 aliphatic heterocycles. The highest BCUT2D eigenvalue weighted by atomic mass is 35.5. The molecule has 0 radical (unpaired) electrons. The number of imidazole rings is 2. The van der Waals surface area contributed by atoms with Crippen LogP contribution < -0.4 is 0 Å². The average molecular weight is 625 g/mol. The third kappa shape index (κ3) is 6.44. The number of rotatable bonds is 4. The molecule has 216 valence electrons. The van der Waals surface area contributed by atoms with Crippen LogP contribution in [0.2, 0.25) is 10.3 Å². The number of nitrogens with zero attached hydrogens (tertiary/aromatic N) is 8. The predicted octanol–water partition coefficient (Wildman–Crippen LogP) is 7.09. The molecule has 0 N–H and O–H groups in total. The quantitative estimate of drug-likeness (QED) is 0.154. The molecular formula is C26H16Cl2F6N8. The van der Waals surface area contributed by atoms with Crippen molar-refractivity contribution < 1.29 is 26.3 Å².